The number of hydrogen-bond acceptors (Lipinski definition) is 3. The average molecular weight is 271 g/mol. The van der Waals surface area contributed by atoms with Gasteiger partial charge in [-0.1, -0.05) is 18.2 Å². The number of benzene rings is 1. The highest BCUT2D eigenvalue weighted by Crippen LogP contribution is 2.33. The number of carboxylic acid groups (broad SMARTS) is 1. The molecule has 0 spiro atoms. The normalized spacial score (nSPS) is 17.1. The van der Waals surface area contributed by atoms with Crippen LogP contribution in [-0.2, 0) is 18.3 Å². The van der Waals surface area contributed by atoms with Gasteiger partial charge in [0.25, 0.3) is 5.91 Å². The number of nitrogens with zero attached hydrogens (tertiary/aromatic N) is 3. The van der Waals surface area contributed by atoms with E-state index in [9.17, 15) is 14.7 Å². The van der Waals surface area contributed by atoms with Gasteiger partial charge in [0.15, 0.2) is 0 Å². The number of para-hydroxylation sites is 1. The second-order valence-electron chi connectivity index (χ2n) is 4.75. The van der Waals surface area contributed by atoms with Gasteiger partial charge in [0.05, 0.1) is 12.5 Å². The Kier molecular flexibility index (Phi) is 2.78. The summed E-state index contributed by atoms with van der Waals surface area (Å²) in [7, 11) is 1.71. The highest BCUT2D eigenvalue weighted by molar-refractivity contribution is 6.09. The summed E-state index contributed by atoms with van der Waals surface area (Å²) >= 11 is 0. The lowest BCUT2D eigenvalue weighted by atomic mass is 10.1. The van der Waals surface area contributed by atoms with Crippen LogP contribution in [0.4, 0.5) is 5.69 Å². The predicted molar refractivity (Wildman–Crippen MR) is 71.6 cm³/mol. The number of fused-ring (bicyclic) bond motifs is 1. The Balaban J connectivity index is 2.07. The first-order valence-electron chi connectivity index (χ1n) is 6.20. The maximum absolute atomic E-state index is 12.6. The summed E-state index contributed by atoms with van der Waals surface area (Å²) in [5.41, 5.74) is 1.90. The first-order chi connectivity index (χ1) is 9.59. The zero-order chi connectivity index (χ0) is 14.3. The number of carbonyl (C=O) groups excluding carboxylic acids is 1. The number of carbonyl (C=O) groups is 2. The molecule has 1 atom stereocenters. The van der Waals surface area contributed by atoms with E-state index < -0.39 is 12.0 Å². The van der Waals surface area contributed by atoms with E-state index in [-0.39, 0.29) is 5.91 Å². The summed E-state index contributed by atoms with van der Waals surface area (Å²) < 4.78 is 1.59. The zero-order valence-electron chi connectivity index (χ0n) is 10.9. The smallest absolute Gasteiger partial charge is 0.327 e. The maximum Gasteiger partial charge on any atom is 0.327 e. The van der Waals surface area contributed by atoms with Crippen LogP contribution in [0, 0.1) is 0 Å². The molecule has 0 saturated carbocycles. The van der Waals surface area contributed by atoms with E-state index in [4.69, 9.17) is 0 Å². The topological polar surface area (TPSA) is 75.4 Å². The number of amides is 1. The summed E-state index contributed by atoms with van der Waals surface area (Å²) in [5, 5.41) is 9.36. The van der Waals surface area contributed by atoms with Crippen molar-refractivity contribution in [2.75, 3.05) is 4.90 Å². The molecule has 1 aliphatic heterocycles. The van der Waals surface area contributed by atoms with Gasteiger partial charge in [-0.15, -0.1) is 0 Å². The lowest BCUT2D eigenvalue weighted by Crippen LogP contribution is -2.43. The molecule has 1 amide bonds. The summed E-state index contributed by atoms with van der Waals surface area (Å²) in [5.74, 6) is -1.35. The minimum absolute atomic E-state index is 0.328. The van der Waals surface area contributed by atoms with Crippen molar-refractivity contribution in [1.82, 2.24) is 9.55 Å². The van der Waals surface area contributed by atoms with E-state index >= 15 is 0 Å². The van der Waals surface area contributed by atoms with Crippen molar-refractivity contribution in [3.05, 3.63) is 48.0 Å². The van der Waals surface area contributed by atoms with Crippen molar-refractivity contribution in [3.8, 4) is 0 Å². The van der Waals surface area contributed by atoms with Crippen LogP contribution >= 0.6 is 0 Å². The van der Waals surface area contributed by atoms with Crippen LogP contribution in [0.5, 0.6) is 0 Å². The SMILES string of the molecule is Cn1cncc1C(=O)N1c2ccccc2C[C@H]1C(=O)O. The van der Waals surface area contributed by atoms with Crippen molar-refractivity contribution < 1.29 is 14.7 Å². The Morgan fingerprint density at radius 1 is 1.35 bits per heavy atom. The van der Waals surface area contributed by atoms with Crippen LogP contribution in [0.3, 0.4) is 0 Å². The summed E-state index contributed by atoms with van der Waals surface area (Å²) in [6, 6.07) is 6.39. The molecule has 1 aromatic heterocycles. The fourth-order valence-corrected chi connectivity index (χ4v) is 2.52. The number of carboxylic acids is 1. The van der Waals surface area contributed by atoms with Crippen LogP contribution in [0.2, 0.25) is 0 Å². The molecule has 6 heteroatoms. The molecule has 1 N–H and O–H groups in total. The van der Waals surface area contributed by atoms with E-state index in [0.29, 0.717) is 17.8 Å². The van der Waals surface area contributed by atoms with Gasteiger partial charge in [-0.25, -0.2) is 9.78 Å². The van der Waals surface area contributed by atoms with Gasteiger partial charge in [0.1, 0.15) is 11.7 Å². The summed E-state index contributed by atoms with van der Waals surface area (Å²) in [6.45, 7) is 0. The molecule has 0 saturated heterocycles. The fourth-order valence-electron chi connectivity index (χ4n) is 2.52. The van der Waals surface area contributed by atoms with Crippen molar-refractivity contribution in [2.45, 2.75) is 12.5 Å². The van der Waals surface area contributed by atoms with E-state index in [0.717, 1.165) is 5.56 Å². The summed E-state index contributed by atoms with van der Waals surface area (Å²) in [6.07, 6.45) is 3.29. The zero-order valence-corrected chi connectivity index (χ0v) is 10.9. The van der Waals surface area contributed by atoms with Gasteiger partial charge in [-0.2, -0.15) is 0 Å². The fraction of sp³-hybridized carbons (Fsp3) is 0.214. The van der Waals surface area contributed by atoms with Gasteiger partial charge in [0.2, 0.25) is 0 Å². The van der Waals surface area contributed by atoms with Gasteiger partial charge in [-0.05, 0) is 11.6 Å². The van der Waals surface area contributed by atoms with Gasteiger partial charge in [-0.3, -0.25) is 9.69 Å². The average Bonchev–Trinajstić information content (AvgIpc) is 3.01. The van der Waals surface area contributed by atoms with Crippen molar-refractivity contribution >= 4 is 17.6 Å². The largest absolute Gasteiger partial charge is 0.480 e. The highest BCUT2D eigenvalue weighted by atomic mass is 16.4. The number of hydrogen-bond donors (Lipinski definition) is 1. The van der Waals surface area contributed by atoms with Crippen LogP contribution in [0.1, 0.15) is 16.1 Å². The van der Waals surface area contributed by atoms with Gasteiger partial charge < -0.3 is 9.67 Å². The number of anilines is 1. The quantitative estimate of drug-likeness (QED) is 0.886. The maximum atomic E-state index is 12.6. The van der Waals surface area contributed by atoms with Gasteiger partial charge in [0, 0.05) is 19.2 Å². The van der Waals surface area contributed by atoms with E-state index in [2.05, 4.69) is 4.98 Å². The third kappa shape index (κ3) is 1.77. The Labute approximate surface area is 115 Å². The van der Waals surface area contributed by atoms with Gasteiger partial charge >= 0.3 is 5.97 Å². The standard InChI is InChI=1S/C14H13N3O3/c1-16-8-15-7-12(16)13(18)17-10-5-3-2-4-9(10)6-11(17)14(19)20/h2-5,7-8,11H,6H2,1H3,(H,19,20)/t11-/m0/s1. The molecule has 0 unspecified atom stereocenters. The minimum Gasteiger partial charge on any atom is -0.480 e. The Morgan fingerprint density at radius 3 is 2.75 bits per heavy atom. The number of rotatable bonds is 2. The third-order valence-corrected chi connectivity index (χ3v) is 3.52. The molecule has 3 rings (SSSR count). The van der Waals surface area contributed by atoms with E-state index in [1.165, 1.54) is 17.4 Å². The molecule has 0 fully saturated rings. The molecule has 2 heterocycles. The Bertz CT molecular complexity index is 692. The monoisotopic (exact) mass is 271 g/mol. The van der Waals surface area contributed by atoms with Crippen molar-refractivity contribution in [1.29, 1.82) is 0 Å². The second kappa shape index (κ2) is 4.48. The van der Waals surface area contributed by atoms with Crippen LogP contribution < -0.4 is 4.90 Å². The van der Waals surface area contributed by atoms with Crippen LogP contribution in [-0.4, -0.2) is 32.6 Å². The molecule has 1 aromatic carbocycles. The Morgan fingerprint density at radius 2 is 2.10 bits per heavy atom. The van der Waals surface area contributed by atoms with Crippen molar-refractivity contribution in [3.63, 3.8) is 0 Å². The van der Waals surface area contributed by atoms with Crippen LogP contribution in [0.25, 0.3) is 0 Å². The molecule has 0 radical (unpaired) electrons. The molecular weight excluding hydrogens is 258 g/mol. The number of imidazole rings is 1. The number of aliphatic carboxylic acids is 1. The predicted octanol–water partition coefficient (Wildman–Crippen LogP) is 1.08. The second-order valence-corrected chi connectivity index (χ2v) is 4.75. The van der Waals surface area contributed by atoms with Crippen LogP contribution in [0.15, 0.2) is 36.8 Å². The molecule has 0 bridgehead atoms. The third-order valence-electron chi connectivity index (χ3n) is 3.52. The van der Waals surface area contributed by atoms with Crippen molar-refractivity contribution in [2.24, 2.45) is 7.05 Å². The molecule has 0 aliphatic carbocycles. The highest BCUT2D eigenvalue weighted by Gasteiger charge is 2.39. The number of aromatic nitrogens is 2. The molecule has 6 nitrogen and oxygen atoms in total. The van der Waals surface area contributed by atoms with E-state index in [1.54, 1.807) is 23.7 Å². The Hall–Kier alpha value is -2.63. The molecule has 20 heavy (non-hydrogen) atoms. The first-order valence-corrected chi connectivity index (χ1v) is 6.20. The lowest BCUT2D eigenvalue weighted by Gasteiger charge is -2.22. The molecule has 2 aromatic rings. The van der Waals surface area contributed by atoms with E-state index in [1.807, 2.05) is 12.1 Å². The minimum atomic E-state index is -1.00. The number of aryl methyl sites for hydroxylation is 1. The molecule has 1 aliphatic rings. The lowest BCUT2D eigenvalue weighted by molar-refractivity contribution is -0.138. The summed E-state index contributed by atoms with van der Waals surface area (Å²) in [4.78, 5) is 29.3. The molecular formula is C14H13N3O3. The first kappa shape index (κ1) is 12.4. The molecule has 102 valence electrons.